The normalized spacial score (nSPS) is 23.8. The third-order valence-electron chi connectivity index (χ3n) is 7.31. The van der Waals surface area contributed by atoms with E-state index in [1.54, 1.807) is 17.0 Å². The number of carbonyl (C=O) groups is 2. The fourth-order valence-electron chi connectivity index (χ4n) is 5.47. The summed E-state index contributed by atoms with van der Waals surface area (Å²) in [6, 6.07) is 4.48. The molecule has 3 atom stereocenters. The van der Waals surface area contributed by atoms with E-state index in [9.17, 15) is 18.4 Å². The Balaban J connectivity index is 1.65. The lowest BCUT2D eigenvalue weighted by molar-refractivity contribution is -0.0104. The Morgan fingerprint density at radius 3 is 2.70 bits per heavy atom. The molecule has 8 nitrogen and oxygen atoms in total. The molecule has 0 unspecified atom stereocenters. The van der Waals surface area contributed by atoms with Crippen LogP contribution in [0.5, 0.6) is 0 Å². The van der Waals surface area contributed by atoms with Crippen LogP contribution in [0.25, 0.3) is 0 Å². The number of piperidine rings is 1. The maximum atomic E-state index is 15.0. The minimum Gasteiger partial charge on any atom is -0.465 e. The van der Waals surface area contributed by atoms with Crippen LogP contribution in [0.3, 0.4) is 0 Å². The summed E-state index contributed by atoms with van der Waals surface area (Å²) in [7, 11) is 1.84. The number of carboxylic acid groups (broad SMARTS) is 1. The molecule has 2 aliphatic rings. The SMILES string of the molecule is CNC[C@H](C[C@H]1CC[C@H](F)CC1)NC(=O)N1CCC[C@@H]([C@@H](OCCNC(=O)O)c2cccc(Cl)c2F)C1. The molecule has 1 saturated heterocycles. The van der Waals surface area contributed by atoms with Crippen LogP contribution >= 0.6 is 11.6 Å². The molecule has 4 N–H and O–H groups in total. The summed E-state index contributed by atoms with van der Waals surface area (Å²) in [4.78, 5) is 25.8. The smallest absolute Gasteiger partial charge is 0.404 e. The molecule has 208 valence electrons. The molecule has 11 heteroatoms. The van der Waals surface area contributed by atoms with Gasteiger partial charge < -0.3 is 30.7 Å². The fourth-order valence-corrected chi connectivity index (χ4v) is 5.65. The first kappa shape index (κ1) is 29.4. The number of likely N-dealkylation sites (tertiary alicyclic amines) is 1. The van der Waals surface area contributed by atoms with Gasteiger partial charge in [0, 0.05) is 43.7 Å². The monoisotopic (exact) mass is 544 g/mol. The van der Waals surface area contributed by atoms with Crippen molar-refractivity contribution in [3.63, 3.8) is 0 Å². The summed E-state index contributed by atoms with van der Waals surface area (Å²) in [5, 5.41) is 17.4. The van der Waals surface area contributed by atoms with E-state index in [1.807, 2.05) is 7.05 Å². The molecule has 0 aromatic heterocycles. The molecule has 0 radical (unpaired) electrons. The number of likely N-dealkylation sites (N-methyl/N-ethyl adjacent to an activating group) is 1. The number of rotatable bonds is 11. The number of nitrogens with one attached hydrogen (secondary N) is 3. The van der Waals surface area contributed by atoms with Crippen molar-refractivity contribution in [2.45, 2.75) is 63.3 Å². The minimum absolute atomic E-state index is 0.0168. The van der Waals surface area contributed by atoms with E-state index >= 15 is 0 Å². The maximum absolute atomic E-state index is 15.0. The van der Waals surface area contributed by atoms with Crippen molar-refractivity contribution in [1.29, 1.82) is 0 Å². The Morgan fingerprint density at radius 2 is 2.00 bits per heavy atom. The van der Waals surface area contributed by atoms with Crippen LogP contribution in [0.4, 0.5) is 18.4 Å². The minimum atomic E-state index is -1.16. The lowest BCUT2D eigenvalue weighted by atomic mass is 9.84. The lowest BCUT2D eigenvalue weighted by Crippen LogP contribution is -2.52. The first-order valence-corrected chi connectivity index (χ1v) is 13.5. The number of hydrogen-bond donors (Lipinski definition) is 4. The molecular formula is C26H39ClF2N4O4. The predicted molar refractivity (Wildman–Crippen MR) is 138 cm³/mol. The number of halogens is 3. The highest BCUT2D eigenvalue weighted by Crippen LogP contribution is 2.36. The van der Waals surface area contributed by atoms with Crippen molar-refractivity contribution in [3.05, 3.63) is 34.6 Å². The number of ether oxygens (including phenoxy) is 1. The Bertz CT molecular complexity index is 888. The van der Waals surface area contributed by atoms with Gasteiger partial charge in [0.2, 0.25) is 0 Å². The van der Waals surface area contributed by atoms with Crippen LogP contribution in [-0.2, 0) is 4.74 Å². The van der Waals surface area contributed by atoms with E-state index in [2.05, 4.69) is 16.0 Å². The largest absolute Gasteiger partial charge is 0.465 e. The molecular weight excluding hydrogens is 506 g/mol. The van der Waals surface area contributed by atoms with Crippen LogP contribution in [0, 0.1) is 17.7 Å². The lowest BCUT2D eigenvalue weighted by Gasteiger charge is -2.38. The summed E-state index contributed by atoms with van der Waals surface area (Å²) in [5.74, 6) is -0.373. The number of hydrogen-bond acceptors (Lipinski definition) is 4. The van der Waals surface area contributed by atoms with Gasteiger partial charge in [-0.3, -0.25) is 0 Å². The number of carbonyl (C=O) groups excluding carboxylic acids is 1. The van der Waals surface area contributed by atoms with Crippen LogP contribution < -0.4 is 16.0 Å². The van der Waals surface area contributed by atoms with E-state index in [-0.39, 0.29) is 36.2 Å². The summed E-state index contributed by atoms with van der Waals surface area (Å²) in [5.41, 5.74) is 0.298. The van der Waals surface area contributed by atoms with Crippen LogP contribution in [-0.4, -0.2) is 74.2 Å². The number of alkyl halides is 1. The number of nitrogens with zero attached hydrogens (tertiary/aromatic N) is 1. The van der Waals surface area contributed by atoms with Gasteiger partial charge in [0.25, 0.3) is 0 Å². The Morgan fingerprint density at radius 1 is 1.24 bits per heavy atom. The summed E-state index contributed by atoms with van der Waals surface area (Å²) in [6.45, 7) is 1.67. The van der Waals surface area contributed by atoms with Gasteiger partial charge in [-0.2, -0.15) is 0 Å². The van der Waals surface area contributed by atoms with Crippen molar-refractivity contribution < 1.29 is 28.2 Å². The van der Waals surface area contributed by atoms with E-state index in [0.717, 1.165) is 32.1 Å². The quantitative estimate of drug-likeness (QED) is 0.302. The third-order valence-corrected chi connectivity index (χ3v) is 7.60. The third kappa shape index (κ3) is 8.97. The van der Waals surface area contributed by atoms with Crippen molar-refractivity contribution in [1.82, 2.24) is 20.9 Å². The van der Waals surface area contributed by atoms with Gasteiger partial charge in [-0.15, -0.1) is 0 Å². The average molecular weight is 545 g/mol. The number of amides is 3. The zero-order valence-electron chi connectivity index (χ0n) is 21.4. The van der Waals surface area contributed by atoms with E-state index in [4.69, 9.17) is 21.4 Å². The average Bonchev–Trinajstić information content (AvgIpc) is 2.87. The van der Waals surface area contributed by atoms with Gasteiger partial charge in [0.1, 0.15) is 12.0 Å². The summed E-state index contributed by atoms with van der Waals surface area (Å²) >= 11 is 6.03. The second-order valence-electron chi connectivity index (χ2n) is 10.1. The molecule has 0 bridgehead atoms. The highest BCUT2D eigenvalue weighted by atomic mass is 35.5. The van der Waals surface area contributed by atoms with Crippen molar-refractivity contribution in [2.24, 2.45) is 11.8 Å². The van der Waals surface area contributed by atoms with E-state index < -0.39 is 24.2 Å². The molecule has 1 saturated carbocycles. The van der Waals surface area contributed by atoms with Gasteiger partial charge in [0.15, 0.2) is 0 Å². The van der Waals surface area contributed by atoms with Crippen LogP contribution in [0.15, 0.2) is 18.2 Å². The zero-order chi connectivity index (χ0) is 26.8. The van der Waals surface area contributed by atoms with Gasteiger partial charge in [-0.05, 0) is 64.0 Å². The molecule has 3 amide bonds. The molecule has 1 aromatic rings. The number of urea groups is 1. The second-order valence-corrected chi connectivity index (χ2v) is 10.5. The highest BCUT2D eigenvalue weighted by molar-refractivity contribution is 6.30. The Hall–Kier alpha value is -2.17. The molecule has 37 heavy (non-hydrogen) atoms. The highest BCUT2D eigenvalue weighted by Gasteiger charge is 2.34. The van der Waals surface area contributed by atoms with Crippen molar-refractivity contribution in [3.8, 4) is 0 Å². The van der Waals surface area contributed by atoms with E-state index in [1.165, 1.54) is 6.07 Å². The second kappa shape index (κ2) is 14.7. The summed E-state index contributed by atoms with van der Waals surface area (Å²) < 4.78 is 34.5. The van der Waals surface area contributed by atoms with Gasteiger partial charge in [-0.25, -0.2) is 18.4 Å². The van der Waals surface area contributed by atoms with Gasteiger partial charge in [-0.1, -0.05) is 23.7 Å². The zero-order valence-corrected chi connectivity index (χ0v) is 22.1. The molecule has 1 aliphatic heterocycles. The standard InChI is InChI=1S/C26H39ClF2N4O4/c1-30-15-20(14-17-7-9-19(28)10-8-17)32-25(34)33-12-3-4-18(16-33)24(37-13-11-31-26(35)36)21-5-2-6-22(27)23(21)29/h2,5-6,17-20,24,30-31H,3-4,7-16H2,1H3,(H,32,34)(H,35,36)/t17-,18-,19-,20+,24-/m1/s1. The molecule has 0 spiro atoms. The van der Waals surface area contributed by atoms with Crippen molar-refractivity contribution >= 4 is 23.7 Å². The summed E-state index contributed by atoms with van der Waals surface area (Å²) in [6.07, 6.45) is 2.53. The molecule has 1 aliphatic carbocycles. The topological polar surface area (TPSA) is 103 Å². The molecule has 1 heterocycles. The Kier molecular flexibility index (Phi) is 11.7. The van der Waals surface area contributed by atoms with E-state index in [0.29, 0.717) is 44.0 Å². The predicted octanol–water partition coefficient (Wildman–Crippen LogP) is 4.73. The molecule has 2 fully saturated rings. The molecule has 1 aromatic carbocycles. The first-order chi connectivity index (χ1) is 17.8. The van der Waals surface area contributed by atoms with Gasteiger partial charge >= 0.3 is 12.1 Å². The maximum Gasteiger partial charge on any atom is 0.404 e. The molecule has 3 rings (SSSR count). The number of benzene rings is 1. The van der Waals surface area contributed by atoms with Crippen LogP contribution in [0.2, 0.25) is 5.02 Å². The Labute approximate surface area is 222 Å². The van der Waals surface area contributed by atoms with Crippen molar-refractivity contribution in [2.75, 3.05) is 39.8 Å². The first-order valence-electron chi connectivity index (χ1n) is 13.1. The van der Waals surface area contributed by atoms with Crippen LogP contribution in [0.1, 0.15) is 56.6 Å². The van der Waals surface area contributed by atoms with Gasteiger partial charge in [0.05, 0.1) is 17.7 Å². The fraction of sp³-hybridized carbons (Fsp3) is 0.692.